The molecule has 0 saturated heterocycles. The zero-order valence-electron chi connectivity index (χ0n) is 10.5. The molecule has 6 heteroatoms. The number of aliphatic hydroxyl groups excluding tert-OH is 1. The van der Waals surface area contributed by atoms with Gasteiger partial charge in [-0.05, 0) is 0 Å². The van der Waals surface area contributed by atoms with Crippen LogP contribution in [0.25, 0.3) is 0 Å². The fourth-order valence-electron chi connectivity index (χ4n) is 1.74. The number of carbonyl (C=O) groups is 1. The van der Waals surface area contributed by atoms with Crippen LogP contribution in [0.5, 0.6) is 5.75 Å². The van der Waals surface area contributed by atoms with E-state index in [-0.39, 0.29) is 18.9 Å². The second kappa shape index (κ2) is 4.55. The molecule has 98 valence electrons. The number of hydrogen-bond acceptors (Lipinski definition) is 6. The van der Waals surface area contributed by atoms with Gasteiger partial charge in [-0.25, -0.2) is 9.78 Å². The van der Waals surface area contributed by atoms with E-state index >= 15 is 0 Å². The molecule has 1 aliphatic heterocycles. The number of carbonyl (C=O) groups excluding carboxylic acids is 1. The van der Waals surface area contributed by atoms with Crippen molar-refractivity contribution in [1.82, 2.24) is 4.98 Å². The molecule has 1 aliphatic rings. The monoisotopic (exact) mass is 253 g/mol. The van der Waals surface area contributed by atoms with Crippen molar-refractivity contribution in [2.45, 2.75) is 32.8 Å². The summed E-state index contributed by atoms with van der Waals surface area (Å²) in [7, 11) is 1.28. The van der Waals surface area contributed by atoms with Gasteiger partial charge in [0.15, 0.2) is 11.4 Å². The molecule has 0 aliphatic carbocycles. The maximum Gasteiger partial charge on any atom is 0.360 e. The Morgan fingerprint density at radius 2 is 2.33 bits per heavy atom. The van der Waals surface area contributed by atoms with Crippen LogP contribution in [0, 0.1) is 0 Å². The van der Waals surface area contributed by atoms with Gasteiger partial charge in [0, 0.05) is 31.2 Å². The van der Waals surface area contributed by atoms with Crippen molar-refractivity contribution in [1.29, 1.82) is 0 Å². The molecular formula is C12H15NO5. The van der Waals surface area contributed by atoms with Crippen LogP contribution in [0.4, 0.5) is 0 Å². The minimum Gasteiger partial charge on any atom is -0.464 e. The van der Waals surface area contributed by atoms with Crippen LogP contribution >= 0.6 is 0 Å². The molecule has 18 heavy (non-hydrogen) atoms. The predicted molar refractivity (Wildman–Crippen MR) is 61.0 cm³/mol. The van der Waals surface area contributed by atoms with E-state index in [9.17, 15) is 9.90 Å². The summed E-state index contributed by atoms with van der Waals surface area (Å²) in [5.41, 5.74) is 1.31. The maximum atomic E-state index is 11.6. The van der Waals surface area contributed by atoms with Crippen molar-refractivity contribution in [2.75, 3.05) is 7.11 Å². The van der Waals surface area contributed by atoms with Crippen LogP contribution in [-0.2, 0) is 22.7 Å². The molecule has 0 atom stereocenters. The molecule has 0 saturated carbocycles. The molecule has 0 radical (unpaired) electrons. The number of aliphatic hydroxyl groups is 1. The van der Waals surface area contributed by atoms with Gasteiger partial charge in [-0.15, -0.1) is 0 Å². The molecule has 0 bridgehead atoms. The number of pyridine rings is 1. The van der Waals surface area contributed by atoms with Gasteiger partial charge >= 0.3 is 5.97 Å². The van der Waals surface area contributed by atoms with Gasteiger partial charge in [0.1, 0.15) is 0 Å². The number of rotatable bonds is 2. The largest absolute Gasteiger partial charge is 0.464 e. The summed E-state index contributed by atoms with van der Waals surface area (Å²) in [5, 5.41) is 9.24. The summed E-state index contributed by atoms with van der Waals surface area (Å²) in [6.45, 7) is 3.54. The first-order valence-electron chi connectivity index (χ1n) is 5.51. The van der Waals surface area contributed by atoms with Crippen LogP contribution in [-0.4, -0.2) is 29.0 Å². The lowest BCUT2D eigenvalue weighted by molar-refractivity contribution is -0.180. The minimum atomic E-state index is -0.842. The molecule has 0 spiro atoms. The van der Waals surface area contributed by atoms with Gasteiger partial charge in [-0.2, -0.15) is 0 Å². The van der Waals surface area contributed by atoms with Crippen LogP contribution in [0.3, 0.4) is 0 Å². The first kappa shape index (κ1) is 12.8. The van der Waals surface area contributed by atoms with E-state index in [1.165, 1.54) is 13.3 Å². The lowest BCUT2D eigenvalue weighted by Crippen LogP contribution is -2.37. The molecule has 0 unspecified atom stereocenters. The third-order valence-corrected chi connectivity index (χ3v) is 2.69. The van der Waals surface area contributed by atoms with Gasteiger partial charge in [0.05, 0.1) is 20.3 Å². The predicted octanol–water partition coefficient (Wildman–Crippen LogP) is 1.01. The average Bonchev–Trinajstić information content (AvgIpc) is 2.35. The Bertz CT molecular complexity index is 484. The highest BCUT2D eigenvalue weighted by Crippen LogP contribution is 2.35. The third kappa shape index (κ3) is 2.16. The lowest BCUT2D eigenvalue weighted by atomic mass is 10.1. The summed E-state index contributed by atoms with van der Waals surface area (Å²) in [6.07, 6.45) is 1.43. The molecule has 6 nitrogen and oxygen atoms in total. The molecule has 0 fully saturated rings. The second-order valence-corrected chi connectivity index (χ2v) is 4.38. The maximum absolute atomic E-state index is 11.6. The van der Waals surface area contributed by atoms with E-state index < -0.39 is 11.8 Å². The zero-order chi connectivity index (χ0) is 13.3. The summed E-state index contributed by atoms with van der Waals surface area (Å²) in [5.74, 6) is -1.09. The van der Waals surface area contributed by atoms with Crippen molar-refractivity contribution in [2.24, 2.45) is 0 Å². The van der Waals surface area contributed by atoms with E-state index in [1.54, 1.807) is 13.8 Å². The number of methoxy groups -OCH3 is 1. The fraction of sp³-hybridized carbons (Fsp3) is 0.500. The first-order chi connectivity index (χ1) is 8.48. The zero-order valence-corrected chi connectivity index (χ0v) is 10.5. The van der Waals surface area contributed by atoms with Crippen molar-refractivity contribution in [3.8, 4) is 5.75 Å². The van der Waals surface area contributed by atoms with E-state index in [2.05, 4.69) is 9.72 Å². The van der Waals surface area contributed by atoms with Gasteiger partial charge in [0.25, 0.3) is 0 Å². The molecule has 0 aromatic carbocycles. The van der Waals surface area contributed by atoms with Crippen molar-refractivity contribution >= 4 is 5.97 Å². The minimum absolute atomic E-state index is 0.0982. The van der Waals surface area contributed by atoms with Gasteiger partial charge in [-0.1, -0.05) is 0 Å². The van der Waals surface area contributed by atoms with Crippen molar-refractivity contribution < 1.29 is 24.1 Å². The molecule has 1 aromatic heterocycles. The summed E-state index contributed by atoms with van der Waals surface area (Å²) in [4.78, 5) is 15.6. The van der Waals surface area contributed by atoms with Gasteiger partial charge in [0.2, 0.25) is 5.79 Å². The fourth-order valence-corrected chi connectivity index (χ4v) is 1.74. The van der Waals surface area contributed by atoms with E-state index in [0.29, 0.717) is 16.9 Å². The number of esters is 1. The van der Waals surface area contributed by atoms with Crippen LogP contribution in [0.2, 0.25) is 0 Å². The Morgan fingerprint density at radius 1 is 1.61 bits per heavy atom. The van der Waals surface area contributed by atoms with Gasteiger partial charge in [-0.3, -0.25) is 0 Å². The molecule has 2 rings (SSSR count). The molecule has 1 N–H and O–H groups in total. The average molecular weight is 253 g/mol. The quantitative estimate of drug-likeness (QED) is 0.792. The first-order valence-corrected chi connectivity index (χ1v) is 5.51. The molecule has 1 aromatic rings. The van der Waals surface area contributed by atoms with Crippen molar-refractivity contribution in [3.63, 3.8) is 0 Å². The van der Waals surface area contributed by atoms with E-state index in [4.69, 9.17) is 9.47 Å². The van der Waals surface area contributed by atoms with Crippen molar-refractivity contribution in [3.05, 3.63) is 23.0 Å². The van der Waals surface area contributed by atoms with Crippen LogP contribution in [0.1, 0.15) is 35.5 Å². The Hall–Kier alpha value is -1.66. The lowest BCUT2D eigenvalue weighted by Gasteiger charge is -2.33. The highest BCUT2D eigenvalue weighted by atomic mass is 16.7. The Kier molecular flexibility index (Phi) is 3.23. The number of hydrogen-bond donors (Lipinski definition) is 1. The number of aromatic nitrogens is 1. The van der Waals surface area contributed by atoms with Gasteiger partial charge < -0.3 is 19.3 Å². The topological polar surface area (TPSA) is 77.9 Å². The third-order valence-electron chi connectivity index (χ3n) is 2.69. The Morgan fingerprint density at radius 3 is 2.94 bits per heavy atom. The van der Waals surface area contributed by atoms with Crippen LogP contribution < -0.4 is 4.74 Å². The van der Waals surface area contributed by atoms with Crippen LogP contribution in [0.15, 0.2) is 6.20 Å². The Labute approximate surface area is 104 Å². The Balaban J connectivity index is 2.55. The normalized spacial score (nSPS) is 16.7. The smallest absolute Gasteiger partial charge is 0.360 e. The summed E-state index contributed by atoms with van der Waals surface area (Å²) in [6, 6.07) is 0. The summed E-state index contributed by atoms with van der Waals surface area (Å²) < 4.78 is 15.8. The van der Waals surface area contributed by atoms with E-state index in [0.717, 1.165) is 0 Å². The molecular weight excluding hydrogens is 238 g/mol. The highest BCUT2D eigenvalue weighted by molar-refractivity contribution is 5.91. The highest BCUT2D eigenvalue weighted by Gasteiger charge is 2.33. The number of ether oxygens (including phenoxy) is 3. The SMILES string of the molecule is COC(=O)c1ncc(CO)c2c1OC(C)(C)OC2. The standard InChI is InChI=1S/C12H15NO5/c1-12(2)17-6-8-7(5-14)4-13-9(10(8)18-12)11(15)16-3/h4,14H,5-6H2,1-3H3. The second-order valence-electron chi connectivity index (χ2n) is 4.38. The number of fused-ring (bicyclic) bond motifs is 1. The summed E-state index contributed by atoms with van der Waals surface area (Å²) >= 11 is 0. The molecule has 0 amide bonds. The van der Waals surface area contributed by atoms with E-state index in [1.807, 2.05) is 0 Å². The molecule has 2 heterocycles. The number of nitrogens with zero attached hydrogens (tertiary/aromatic N) is 1.